The van der Waals surface area contributed by atoms with Crippen molar-refractivity contribution in [2.75, 3.05) is 13.6 Å². The highest BCUT2D eigenvalue weighted by molar-refractivity contribution is 5.79. The van der Waals surface area contributed by atoms with E-state index in [2.05, 4.69) is 5.10 Å². The Labute approximate surface area is 122 Å². The molecule has 0 bridgehead atoms. The molecule has 1 N–H and O–H groups in total. The maximum absolute atomic E-state index is 12.0. The van der Waals surface area contributed by atoms with Gasteiger partial charge in [0.15, 0.2) is 0 Å². The lowest BCUT2D eigenvalue weighted by atomic mass is 10.2. The number of para-hydroxylation sites is 1. The van der Waals surface area contributed by atoms with Crippen molar-refractivity contribution in [2.45, 2.75) is 12.8 Å². The zero-order valence-corrected chi connectivity index (χ0v) is 11.8. The molecule has 21 heavy (non-hydrogen) atoms. The predicted octanol–water partition coefficient (Wildman–Crippen LogP) is 1.35. The minimum atomic E-state index is -0.911. The highest BCUT2D eigenvalue weighted by Gasteiger charge is 2.12. The van der Waals surface area contributed by atoms with Gasteiger partial charge in [-0.25, -0.2) is 4.68 Å². The van der Waals surface area contributed by atoms with Gasteiger partial charge in [0.05, 0.1) is 24.7 Å². The number of carbonyl (C=O) groups is 2. The number of aliphatic carboxylic acids is 1. The van der Waals surface area contributed by atoms with Crippen LogP contribution in [-0.4, -0.2) is 45.3 Å². The topological polar surface area (TPSA) is 75.4 Å². The summed E-state index contributed by atoms with van der Waals surface area (Å²) in [6.07, 6.45) is 3.61. The van der Waals surface area contributed by atoms with Crippen LogP contribution >= 0.6 is 0 Å². The maximum atomic E-state index is 12.0. The molecular weight excluding hydrogens is 270 g/mol. The number of carboxylic acids is 1. The summed E-state index contributed by atoms with van der Waals surface area (Å²) in [6, 6.07) is 9.62. The number of carboxylic acid groups (broad SMARTS) is 1. The van der Waals surface area contributed by atoms with E-state index in [1.807, 2.05) is 30.3 Å². The minimum absolute atomic E-state index is 0.0501. The number of amides is 1. The van der Waals surface area contributed by atoms with Crippen molar-refractivity contribution in [3.63, 3.8) is 0 Å². The largest absolute Gasteiger partial charge is 0.481 e. The molecule has 1 amide bonds. The van der Waals surface area contributed by atoms with E-state index >= 15 is 0 Å². The molecule has 0 atom stereocenters. The van der Waals surface area contributed by atoms with Crippen molar-refractivity contribution in [3.05, 3.63) is 48.3 Å². The van der Waals surface area contributed by atoms with Gasteiger partial charge in [-0.3, -0.25) is 9.59 Å². The van der Waals surface area contributed by atoms with Gasteiger partial charge >= 0.3 is 5.97 Å². The first-order valence-corrected chi connectivity index (χ1v) is 6.61. The molecule has 0 aliphatic carbocycles. The molecule has 0 aliphatic heterocycles. The molecule has 1 heterocycles. The first-order valence-electron chi connectivity index (χ1n) is 6.61. The second-order valence-electron chi connectivity index (χ2n) is 4.76. The van der Waals surface area contributed by atoms with Gasteiger partial charge in [0, 0.05) is 19.8 Å². The number of nitrogens with zero attached hydrogens (tertiary/aromatic N) is 3. The van der Waals surface area contributed by atoms with Crippen molar-refractivity contribution in [1.29, 1.82) is 0 Å². The second-order valence-corrected chi connectivity index (χ2v) is 4.76. The number of aromatic nitrogens is 2. The lowest BCUT2D eigenvalue weighted by molar-refractivity contribution is -0.138. The molecule has 2 rings (SSSR count). The quantitative estimate of drug-likeness (QED) is 0.870. The van der Waals surface area contributed by atoms with E-state index in [4.69, 9.17) is 5.11 Å². The summed E-state index contributed by atoms with van der Waals surface area (Å²) in [5.41, 5.74) is 1.72. The van der Waals surface area contributed by atoms with Crippen molar-refractivity contribution < 1.29 is 14.7 Å². The molecule has 2 aromatic rings. The Morgan fingerprint density at radius 3 is 2.67 bits per heavy atom. The highest BCUT2D eigenvalue weighted by atomic mass is 16.4. The number of hydrogen-bond acceptors (Lipinski definition) is 3. The number of carbonyl (C=O) groups excluding carboxylic acids is 1. The van der Waals surface area contributed by atoms with Crippen molar-refractivity contribution in [2.24, 2.45) is 0 Å². The van der Waals surface area contributed by atoms with E-state index in [-0.39, 0.29) is 25.3 Å². The predicted molar refractivity (Wildman–Crippen MR) is 77.2 cm³/mol. The monoisotopic (exact) mass is 287 g/mol. The molecule has 6 heteroatoms. The average Bonchev–Trinajstić information content (AvgIpc) is 2.94. The SMILES string of the molecule is CN(CCC(=O)O)C(=O)Cc1cnn(-c2ccccc2)c1. The van der Waals surface area contributed by atoms with E-state index in [1.165, 1.54) is 4.90 Å². The first-order chi connectivity index (χ1) is 10.1. The summed E-state index contributed by atoms with van der Waals surface area (Å²) < 4.78 is 1.71. The summed E-state index contributed by atoms with van der Waals surface area (Å²) >= 11 is 0. The Hall–Kier alpha value is -2.63. The molecule has 1 aromatic heterocycles. The summed E-state index contributed by atoms with van der Waals surface area (Å²) in [5.74, 6) is -1.03. The van der Waals surface area contributed by atoms with E-state index < -0.39 is 5.97 Å². The van der Waals surface area contributed by atoms with Gasteiger partial charge in [0.1, 0.15) is 0 Å². The molecule has 0 spiro atoms. The Morgan fingerprint density at radius 2 is 2.00 bits per heavy atom. The lowest BCUT2D eigenvalue weighted by Crippen LogP contribution is -2.30. The van der Waals surface area contributed by atoms with E-state index in [9.17, 15) is 9.59 Å². The Balaban J connectivity index is 1.96. The first kappa shape index (κ1) is 14.8. The van der Waals surface area contributed by atoms with Gasteiger partial charge < -0.3 is 10.0 Å². The van der Waals surface area contributed by atoms with Gasteiger partial charge in [-0.2, -0.15) is 5.10 Å². The average molecular weight is 287 g/mol. The van der Waals surface area contributed by atoms with Crippen LogP contribution in [0.2, 0.25) is 0 Å². The zero-order chi connectivity index (χ0) is 15.2. The standard InChI is InChI=1S/C15H17N3O3/c1-17(8-7-15(20)21)14(19)9-12-10-16-18(11-12)13-5-3-2-4-6-13/h2-6,10-11H,7-9H2,1H3,(H,20,21). The molecule has 0 radical (unpaired) electrons. The molecule has 1 aromatic carbocycles. The third-order valence-corrected chi connectivity index (χ3v) is 3.10. The summed E-state index contributed by atoms with van der Waals surface area (Å²) in [5, 5.41) is 12.8. The zero-order valence-electron chi connectivity index (χ0n) is 11.8. The van der Waals surface area contributed by atoms with Crippen molar-refractivity contribution >= 4 is 11.9 Å². The van der Waals surface area contributed by atoms with Crippen molar-refractivity contribution in [1.82, 2.24) is 14.7 Å². The van der Waals surface area contributed by atoms with E-state index in [0.717, 1.165) is 11.3 Å². The molecule has 0 fully saturated rings. The second kappa shape index (κ2) is 6.69. The van der Waals surface area contributed by atoms with Crippen LogP contribution in [0, 0.1) is 0 Å². The fraction of sp³-hybridized carbons (Fsp3) is 0.267. The minimum Gasteiger partial charge on any atom is -0.481 e. The van der Waals surface area contributed by atoms with Gasteiger partial charge in [0.25, 0.3) is 0 Å². The molecule has 110 valence electrons. The Morgan fingerprint density at radius 1 is 1.29 bits per heavy atom. The number of rotatable bonds is 6. The number of benzene rings is 1. The Bertz CT molecular complexity index is 622. The maximum Gasteiger partial charge on any atom is 0.305 e. The smallest absolute Gasteiger partial charge is 0.305 e. The van der Waals surface area contributed by atoms with Crippen LogP contribution in [0.3, 0.4) is 0 Å². The molecule has 6 nitrogen and oxygen atoms in total. The summed E-state index contributed by atoms with van der Waals surface area (Å²) in [7, 11) is 1.60. The van der Waals surface area contributed by atoms with Crippen LogP contribution < -0.4 is 0 Å². The lowest BCUT2D eigenvalue weighted by Gasteiger charge is -2.15. The normalized spacial score (nSPS) is 10.3. The third kappa shape index (κ3) is 4.17. The number of hydrogen-bond donors (Lipinski definition) is 1. The molecule has 0 aliphatic rings. The van der Waals surface area contributed by atoms with Gasteiger partial charge in [0.2, 0.25) is 5.91 Å². The van der Waals surface area contributed by atoms with E-state index in [1.54, 1.807) is 24.1 Å². The third-order valence-electron chi connectivity index (χ3n) is 3.10. The van der Waals surface area contributed by atoms with Crippen LogP contribution in [0.25, 0.3) is 5.69 Å². The molecule has 0 saturated carbocycles. The van der Waals surface area contributed by atoms with Crippen molar-refractivity contribution in [3.8, 4) is 5.69 Å². The molecule has 0 unspecified atom stereocenters. The van der Waals surface area contributed by atoms with Crippen LogP contribution in [0.5, 0.6) is 0 Å². The van der Waals surface area contributed by atoms with Crippen LogP contribution in [0.15, 0.2) is 42.7 Å². The summed E-state index contributed by atoms with van der Waals surface area (Å²) in [4.78, 5) is 23.9. The fourth-order valence-corrected chi connectivity index (χ4v) is 1.87. The number of likely N-dealkylation sites (N-methyl/N-ethyl adjacent to an activating group) is 1. The van der Waals surface area contributed by atoms with Gasteiger partial charge in [-0.1, -0.05) is 18.2 Å². The van der Waals surface area contributed by atoms with Crippen LogP contribution in [-0.2, 0) is 16.0 Å². The van der Waals surface area contributed by atoms with Gasteiger partial charge in [-0.05, 0) is 17.7 Å². The Kier molecular flexibility index (Phi) is 4.71. The summed E-state index contributed by atoms with van der Waals surface area (Å²) in [6.45, 7) is 0.209. The highest BCUT2D eigenvalue weighted by Crippen LogP contribution is 2.08. The van der Waals surface area contributed by atoms with Crippen LogP contribution in [0.1, 0.15) is 12.0 Å². The fourth-order valence-electron chi connectivity index (χ4n) is 1.87. The molecule has 0 saturated heterocycles. The molecular formula is C15H17N3O3. The van der Waals surface area contributed by atoms with Gasteiger partial charge in [-0.15, -0.1) is 0 Å². The van der Waals surface area contributed by atoms with Crippen LogP contribution in [0.4, 0.5) is 0 Å². The van der Waals surface area contributed by atoms with E-state index in [0.29, 0.717) is 0 Å².